The van der Waals surface area contributed by atoms with Gasteiger partial charge in [0.25, 0.3) is 0 Å². The zero-order valence-electron chi connectivity index (χ0n) is 10.5. The SMILES string of the molecule is CC1CC(CN)(CC2=NC(C=S)ON2)CC1C. The molecule has 17 heavy (non-hydrogen) atoms. The summed E-state index contributed by atoms with van der Waals surface area (Å²) in [6.07, 6.45) is 2.91. The summed E-state index contributed by atoms with van der Waals surface area (Å²) >= 11 is 4.82. The van der Waals surface area contributed by atoms with E-state index in [1.807, 2.05) is 0 Å². The number of nitrogens with zero attached hydrogens (tertiary/aromatic N) is 1. The molecule has 0 spiro atoms. The fourth-order valence-electron chi connectivity index (χ4n) is 3.06. The molecule has 3 atom stereocenters. The van der Waals surface area contributed by atoms with Crippen LogP contribution in [0.4, 0.5) is 0 Å². The summed E-state index contributed by atoms with van der Waals surface area (Å²) < 4.78 is 0. The fourth-order valence-corrected chi connectivity index (χ4v) is 3.18. The third-order valence-corrected chi connectivity index (χ3v) is 4.39. The van der Waals surface area contributed by atoms with Gasteiger partial charge in [-0.05, 0) is 36.6 Å². The van der Waals surface area contributed by atoms with Crippen LogP contribution in [0.25, 0.3) is 0 Å². The van der Waals surface area contributed by atoms with Gasteiger partial charge in [-0.2, -0.15) is 0 Å². The molecular weight excluding hydrogens is 234 g/mol. The number of rotatable bonds is 4. The molecule has 0 saturated heterocycles. The Hall–Kier alpha value is -0.520. The van der Waals surface area contributed by atoms with Gasteiger partial charge in [-0.1, -0.05) is 26.1 Å². The maximum atomic E-state index is 5.99. The Bertz CT molecular complexity index is 322. The lowest BCUT2D eigenvalue weighted by Gasteiger charge is -2.27. The van der Waals surface area contributed by atoms with E-state index in [9.17, 15) is 0 Å². The van der Waals surface area contributed by atoms with Crippen molar-refractivity contribution in [3.05, 3.63) is 0 Å². The van der Waals surface area contributed by atoms with Crippen LogP contribution < -0.4 is 11.2 Å². The van der Waals surface area contributed by atoms with Crippen molar-refractivity contribution in [1.29, 1.82) is 0 Å². The molecule has 0 radical (unpaired) electrons. The van der Waals surface area contributed by atoms with Crippen LogP contribution in [0.3, 0.4) is 0 Å². The second kappa shape index (κ2) is 5.00. The van der Waals surface area contributed by atoms with E-state index in [1.54, 1.807) is 0 Å². The van der Waals surface area contributed by atoms with Crippen LogP contribution in [0.2, 0.25) is 0 Å². The predicted octanol–water partition coefficient (Wildman–Crippen LogP) is 1.65. The highest BCUT2D eigenvalue weighted by Gasteiger charge is 2.42. The third-order valence-electron chi connectivity index (χ3n) is 4.15. The zero-order valence-corrected chi connectivity index (χ0v) is 11.3. The Kier molecular flexibility index (Phi) is 3.80. The number of aliphatic imine (C=N–C) groups is 1. The van der Waals surface area contributed by atoms with Crippen LogP contribution in [0, 0.1) is 17.3 Å². The van der Waals surface area contributed by atoms with Crippen molar-refractivity contribution in [1.82, 2.24) is 5.48 Å². The number of nitrogens with two attached hydrogens (primary N) is 1. The monoisotopic (exact) mass is 255 g/mol. The van der Waals surface area contributed by atoms with Crippen molar-refractivity contribution >= 4 is 23.4 Å². The van der Waals surface area contributed by atoms with Crippen LogP contribution in [-0.4, -0.2) is 24.0 Å². The van der Waals surface area contributed by atoms with Crippen LogP contribution >= 0.6 is 12.2 Å². The summed E-state index contributed by atoms with van der Waals surface area (Å²) in [5.74, 6) is 2.37. The summed E-state index contributed by atoms with van der Waals surface area (Å²) in [5.41, 5.74) is 9.04. The standard InChI is InChI=1S/C12H21N3OS/c1-8-3-12(7-13,4-9(8)2)5-10-14-11(6-17)16-15-10/h6,8-9,11H,3-5,7,13H2,1-2H3,(H,14,15). The molecule has 4 nitrogen and oxygen atoms in total. The van der Waals surface area contributed by atoms with Gasteiger partial charge in [-0.3, -0.25) is 5.48 Å². The zero-order chi connectivity index (χ0) is 12.5. The Balaban J connectivity index is 2.04. The number of hydrogen-bond acceptors (Lipinski definition) is 5. The largest absolute Gasteiger partial charge is 0.330 e. The summed E-state index contributed by atoms with van der Waals surface area (Å²) in [6.45, 7) is 5.33. The summed E-state index contributed by atoms with van der Waals surface area (Å²) in [6, 6.07) is 0. The minimum absolute atomic E-state index is 0.185. The minimum Gasteiger partial charge on any atom is -0.330 e. The average molecular weight is 255 g/mol. The molecular formula is C12H21N3OS. The molecule has 2 aliphatic rings. The molecule has 1 saturated carbocycles. The molecule has 1 aliphatic carbocycles. The maximum Gasteiger partial charge on any atom is 0.205 e. The molecule has 0 aromatic rings. The highest BCUT2D eigenvalue weighted by Crippen LogP contribution is 2.47. The molecule has 0 amide bonds. The Morgan fingerprint density at radius 1 is 1.53 bits per heavy atom. The van der Waals surface area contributed by atoms with Crippen LogP contribution in [0.1, 0.15) is 33.1 Å². The molecule has 1 heterocycles. The average Bonchev–Trinajstić information content (AvgIpc) is 2.86. The van der Waals surface area contributed by atoms with E-state index in [0.29, 0.717) is 6.54 Å². The molecule has 1 fully saturated rings. The van der Waals surface area contributed by atoms with Gasteiger partial charge in [-0.15, -0.1) is 0 Å². The van der Waals surface area contributed by atoms with Crippen molar-refractivity contribution in [2.75, 3.05) is 6.54 Å². The number of amidine groups is 1. The number of hydrogen-bond donors (Lipinski definition) is 2. The van der Waals surface area contributed by atoms with Crippen LogP contribution in [-0.2, 0) is 4.84 Å². The third kappa shape index (κ3) is 2.67. The second-order valence-electron chi connectivity index (χ2n) is 5.57. The minimum atomic E-state index is -0.314. The number of nitrogens with one attached hydrogen (secondary N) is 1. The van der Waals surface area contributed by atoms with Crippen molar-refractivity contribution in [2.24, 2.45) is 28.0 Å². The van der Waals surface area contributed by atoms with E-state index >= 15 is 0 Å². The Morgan fingerprint density at radius 2 is 2.18 bits per heavy atom. The first kappa shape index (κ1) is 12.9. The van der Waals surface area contributed by atoms with Gasteiger partial charge in [0.1, 0.15) is 5.84 Å². The molecule has 0 bridgehead atoms. The molecule has 96 valence electrons. The van der Waals surface area contributed by atoms with E-state index in [4.69, 9.17) is 22.8 Å². The molecule has 0 aromatic heterocycles. The van der Waals surface area contributed by atoms with Gasteiger partial charge < -0.3 is 5.73 Å². The topological polar surface area (TPSA) is 59.6 Å². The first-order chi connectivity index (χ1) is 8.08. The highest BCUT2D eigenvalue weighted by molar-refractivity contribution is 7.79. The number of thiocarbonyl (C=S) groups is 1. The predicted molar refractivity (Wildman–Crippen MR) is 72.8 cm³/mol. The normalized spacial score (nSPS) is 41.1. The molecule has 5 heteroatoms. The molecule has 3 unspecified atom stereocenters. The number of hydroxylamine groups is 1. The lowest BCUT2D eigenvalue weighted by molar-refractivity contribution is 0.0811. The quantitative estimate of drug-likeness (QED) is 0.750. The molecule has 1 aliphatic heterocycles. The molecule has 3 N–H and O–H groups in total. The fraction of sp³-hybridized carbons (Fsp3) is 0.833. The first-order valence-electron chi connectivity index (χ1n) is 6.22. The van der Waals surface area contributed by atoms with Gasteiger partial charge in [0.2, 0.25) is 6.23 Å². The van der Waals surface area contributed by atoms with Gasteiger partial charge in [0.15, 0.2) is 0 Å². The van der Waals surface area contributed by atoms with E-state index in [0.717, 1.165) is 24.1 Å². The molecule has 0 aromatic carbocycles. The van der Waals surface area contributed by atoms with E-state index in [1.165, 1.54) is 18.2 Å². The molecule has 2 rings (SSSR count). The van der Waals surface area contributed by atoms with Crippen molar-refractivity contribution in [2.45, 2.75) is 39.3 Å². The first-order valence-corrected chi connectivity index (χ1v) is 6.69. The van der Waals surface area contributed by atoms with Crippen molar-refractivity contribution in [3.63, 3.8) is 0 Å². The summed E-state index contributed by atoms with van der Waals surface area (Å²) in [7, 11) is 0. The second-order valence-corrected chi connectivity index (χ2v) is 5.84. The van der Waals surface area contributed by atoms with Crippen molar-refractivity contribution in [3.8, 4) is 0 Å². The highest BCUT2D eigenvalue weighted by atomic mass is 32.1. The summed E-state index contributed by atoms with van der Waals surface area (Å²) in [4.78, 5) is 9.60. The van der Waals surface area contributed by atoms with Gasteiger partial charge in [-0.25, -0.2) is 9.83 Å². The van der Waals surface area contributed by atoms with Crippen LogP contribution in [0.5, 0.6) is 0 Å². The van der Waals surface area contributed by atoms with Gasteiger partial charge in [0, 0.05) is 11.8 Å². The summed E-state index contributed by atoms with van der Waals surface area (Å²) in [5, 5.41) is 1.52. The van der Waals surface area contributed by atoms with Gasteiger partial charge in [0.05, 0.1) is 0 Å². The van der Waals surface area contributed by atoms with E-state index in [2.05, 4.69) is 24.3 Å². The van der Waals surface area contributed by atoms with Gasteiger partial charge >= 0.3 is 0 Å². The lowest BCUT2D eigenvalue weighted by Crippen LogP contribution is -2.34. The van der Waals surface area contributed by atoms with E-state index in [-0.39, 0.29) is 11.6 Å². The Labute approximate surface area is 108 Å². The Morgan fingerprint density at radius 3 is 2.65 bits per heavy atom. The van der Waals surface area contributed by atoms with Crippen molar-refractivity contribution < 1.29 is 4.84 Å². The van der Waals surface area contributed by atoms with Crippen LogP contribution in [0.15, 0.2) is 4.99 Å². The maximum absolute atomic E-state index is 5.99. The lowest BCUT2D eigenvalue weighted by atomic mass is 9.81. The smallest absolute Gasteiger partial charge is 0.205 e. The van der Waals surface area contributed by atoms with E-state index < -0.39 is 0 Å².